The quantitative estimate of drug-likeness (QED) is 0.698. The van der Waals surface area contributed by atoms with Crippen molar-refractivity contribution < 1.29 is 19.1 Å². The molecule has 7 nitrogen and oxygen atoms in total. The molecule has 0 N–H and O–H groups in total. The van der Waals surface area contributed by atoms with Crippen molar-refractivity contribution in [2.75, 3.05) is 31.6 Å². The lowest BCUT2D eigenvalue weighted by Gasteiger charge is -2.47. The van der Waals surface area contributed by atoms with Crippen LogP contribution in [0.3, 0.4) is 0 Å². The third-order valence-electron chi connectivity index (χ3n) is 3.63. The highest BCUT2D eigenvalue weighted by molar-refractivity contribution is 5.93. The molecule has 7 heteroatoms. The molecule has 1 fully saturated rings. The number of ether oxygens (including phenoxy) is 2. The number of carbonyl (C=O) groups is 2. The minimum Gasteiger partial charge on any atom is -0.399 e. The van der Waals surface area contributed by atoms with E-state index in [-0.39, 0.29) is 6.54 Å². The Morgan fingerprint density at radius 2 is 1.82 bits per heavy atom. The summed E-state index contributed by atoms with van der Waals surface area (Å²) in [7, 11) is 1.88. The van der Waals surface area contributed by atoms with Gasteiger partial charge in [0.2, 0.25) is 0 Å². The Hall–Kier alpha value is -2.41. The van der Waals surface area contributed by atoms with Gasteiger partial charge in [-0.3, -0.25) is 14.8 Å². The van der Waals surface area contributed by atoms with Crippen molar-refractivity contribution in [1.29, 1.82) is 0 Å². The summed E-state index contributed by atoms with van der Waals surface area (Å²) in [6.07, 6.45) is 5.57. The molecule has 2 aliphatic heterocycles. The minimum absolute atomic E-state index is 0.264. The molecule has 1 saturated heterocycles. The van der Waals surface area contributed by atoms with E-state index in [9.17, 15) is 9.59 Å². The van der Waals surface area contributed by atoms with Gasteiger partial charge in [-0.2, -0.15) is 0 Å². The number of hydrogen-bond donors (Lipinski definition) is 0. The van der Waals surface area contributed by atoms with E-state index in [0.717, 1.165) is 29.9 Å². The first-order valence-electron chi connectivity index (χ1n) is 7.00. The Morgan fingerprint density at radius 1 is 1.14 bits per heavy atom. The van der Waals surface area contributed by atoms with Crippen molar-refractivity contribution in [3.8, 4) is 0 Å². The molecule has 0 aromatic carbocycles. The lowest BCUT2D eigenvalue weighted by atomic mass is 10.2. The van der Waals surface area contributed by atoms with Gasteiger partial charge in [0.15, 0.2) is 0 Å². The number of aromatic nitrogens is 1. The third kappa shape index (κ3) is 2.67. The summed E-state index contributed by atoms with van der Waals surface area (Å²) in [4.78, 5) is 31.6. The van der Waals surface area contributed by atoms with Crippen LogP contribution in [0.5, 0.6) is 0 Å². The van der Waals surface area contributed by atoms with Gasteiger partial charge >= 0.3 is 17.8 Å². The summed E-state index contributed by atoms with van der Waals surface area (Å²) in [5.74, 6) is -2.68. The first kappa shape index (κ1) is 14.5. The standard InChI is InChI=1S/C15H17N3O4/c1-11-7-12(9-16-8-11)18-6-5-17(2)10-15(18)21-13(19)3-4-14(20)22-15/h3-4,7-9H,5-6,10H2,1-2H3. The number of hydrogen-bond acceptors (Lipinski definition) is 7. The van der Waals surface area contributed by atoms with Gasteiger partial charge in [-0.1, -0.05) is 0 Å². The van der Waals surface area contributed by atoms with E-state index in [1.807, 2.05) is 24.9 Å². The second kappa shape index (κ2) is 5.42. The average molecular weight is 303 g/mol. The molecule has 2 aliphatic rings. The molecule has 116 valence electrons. The Kier molecular flexibility index (Phi) is 3.58. The van der Waals surface area contributed by atoms with Gasteiger partial charge in [-0.05, 0) is 25.6 Å². The molecule has 22 heavy (non-hydrogen) atoms. The zero-order valence-corrected chi connectivity index (χ0v) is 12.5. The second-order valence-electron chi connectivity index (χ2n) is 5.50. The predicted molar refractivity (Wildman–Crippen MR) is 77.9 cm³/mol. The molecule has 1 aromatic heterocycles. The van der Waals surface area contributed by atoms with E-state index in [0.29, 0.717) is 6.54 Å². The molecule has 0 saturated carbocycles. The van der Waals surface area contributed by atoms with Crippen LogP contribution in [0, 0.1) is 6.92 Å². The SMILES string of the molecule is Cc1cncc(N2CCN(C)CC23OC(=O)C=CC(=O)O3)c1. The summed E-state index contributed by atoms with van der Waals surface area (Å²) in [5.41, 5.74) is 1.71. The Bertz CT molecular complexity index is 623. The normalized spacial score (nSPS) is 21.5. The number of aryl methyl sites for hydroxylation is 1. The zero-order valence-electron chi connectivity index (χ0n) is 12.5. The molecule has 0 bridgehead atoms. The molecule has 0 aliphatic carbocycles. The molecule has 1 aromatic rings. The zero-order chi connectivity index (χ0) is 15.7. The van der Waals surface area contributed by atoms with Crippen LogP contribution in [0.15, 0.2) is 30.6 Å². The minimum atomic E-state index is -1.47. The third-order valence-corrected chi connectivity index (χ3v) is 3.63. The van der Waals surface area contributed by atoms with Gasteiger partial charge in [0.1, 0.15) is 0 Å². The molecule has 0 atom stereocenters. The number of nitrogens with zero attached hydrogens (tertiary/aromatic N) is 3. The van der Waals surface area contributed by atoms with Gasteiger partial charge in [-0.15, -0.1) is 0 Å². The first-order chi connectivity index (χ1) is 10.5. The van der Waals surface area contributed by atoms with E-state index in [4.69, 9.17) is 9.47 Å². The van der Waals surface area contributed by atoms with E-state index in [1.165, 1.54) is 0 Å². The van der Waals surface area contributed by atoms with Crippen molar-refractivity contribution in [2.24, 2.45) is 0 Å². The Balaban J connectivity index is 2.03. The molecule has 3 rings (SSSR count). The first-order valence-corrected chi connectivity index (χ1v) is 7.00. The summed E-state index contributed by atoms with van der Waals surface area (Å²) >= 11 is 0. The highest BCUT2D eigenvalue weighted by Crippen LogP contribution is 2.31. The summed E-state index contributed by atoms with van der Waals surface area (Å²) in [6.45, 7) is 3.48. The fraction of sp³-hybridized carbons (Fsp3) is 0.400. The van der Waals surface area contributed by atoms with E-state index < -0.39 is 17.8 Å². The van der Waals surface area contributed by atoms with E-state index >= 15 is 0 Å². The number of piperazine rings is 1. The topological polar surface area (TPSA) is 72.0 Å². The van der Waals surface area contributed by atoms with Gasteiger partial charge in [0.25, 0.3) is 0 Å². The number of rotatable bonds is 1. The van der Waals surface area contributed by atoms with Crippen LogP contribution in [0.1, 0.15) is 5.56 Å². The van der Waals surface area contributed by atoms with Gasteiger partial charge < -0.3 is 9.47 Å². The van der Waals surface area contributed by atoms with E-state index in [2.05, 4.69) is 4.98 Å². The maximum absolute atomic E-state index is 11.9. The van der Waals surface area contributed by atoms with Gasteiger partial charge in [0, 0.05) is 31.4 Å². The van der Waals surface area contributed by atoms with Crippen LogP contribution < -0.4 is 4.90 Å². The fourth-order valence-electron chi connectivity index (χ4n) is 2.67. The molecule has 0 amide bonds. The van der Waals surface area contributed by atoms with Crippen molar-refractivity contribution in [2.45, 2.75) is 12.8 Å². The van der Waals surface area contributed by atoms with Crippen LogP contribution in [-0.4, -0.2) is 54.4 Å². The highest BCUT2D eigenvalue weighted by Gasteiger charge is 2.49. The smallest absolute Gasteiger partial charge is 0.356 e. The molecule has 1 spiro atoms. The van der Waals surface area contributed by atoms with Crippen LogP contribution in [-0.2, 0) is 19.1 Å². The highest BCUT2D eigenvalue weighted by atomic mass is 16.8. The summed E-state index contributed by atoms with van der Waals surface area (Å²) in [6, 6.07) is 1.92. The number of carbonyl (C=O) groups excluding carboxylic acids is 2. The van der Waals surface area contributed by atoms with E-state index in [1.54, 1.807) is 17.3 Å². The maximum Gasteiger partial charge on any atom is 0.356 e. The summed E-state index contributed by atoms with van der Waals surface area (Å²) in [5, 5.41) is 0. The van der Waals surface area contributed by atoms with Gasteiger partial charge in [-0.25, -0.2) is 9.59 Å². The predicted octanol–water partition coefficient (Wildman–Crippen LogP) is 0.452. The second-order valence-corrected chi connectivity index (χ2v) is 5.50. The van der Waals surface area contributed by atoms with Crippen LogP contribution >= 0.6 is 0 Å². The lowest BCUT2D eigenvalue weighted by molar-refractivity contribution is -0.230. The number of anilines is 1. The number of likely N-dealkylation sites (N-methyl/N-ethyl adjacent to an activating group) is 1. The molecular weight excluding hydrogens is 286 g/mol. The van der Waals surface area contributed by atoms with Crippen LogP contribution in [0.2, 0.25) is 0 Å². The number of esters is 2. The molecule has 0 unspecified atom stereocenters. The van der Waals surface area contributed by atoms with Crippen molar-refractivity contribution in [3.63, 3.8) is 0 Å². The fourth-order valence-corrected chi connectivity index (χ4v) is 2.67. The van der Waals surface area contributed by atoms with Crippen molar-refractivity contribution >= 4 is 17.6 Å². The average Bonchev–Trinajstić information content (AvgIpc) is 2.58. The van der Waals surface area contributed by atoms with Crippen molar-refractivity contribution in [3.05, 3.63) is 36.2 Å². The van der Waals surface area contributed by atoms with Crippen molar-refractivity contribution in [1.82, 2.24) is 9.88 Å². The molecule has 3 heterocycles. The Morgan fingerprint density at radius 3 is 2.45 bits per heavy atom. The monoisotopic (exact) mass is 303 g/mol. The molecular formula is C15H17N3O4. The largest absolute Gasteiger partial charge is 0.399 e. The lowest BCUT2D eigenvalue weighted by Crippen LogP contribution is -2.65. The molecule has 0 radical (unpaired) electrons. The van der Waals surface area contributed by atoms with Crippen LogP contribution in [0.4, 0.5) is 5.69 Å². The van der Waals surface area contributed by atoms with Crippen LogP contribution in [0.25, 0.3) is 0 Å². The maximum atomic E-state index is 11.9. The number of pyridine rings is 1. The van der Waals surface area contributed by atoms with Gasteiger partial charge in [0.05, 0.1) is 18.4 Å². The summed E-state index contributed by atoms with van der Waals surface area (Å²) < 4.78 is 11.0. The Labute approximate surface area is 128 Å².